The quantitative estimate of drug-likeness (QED) is 0.818. The van der Waals surface area contributed by atoms with Crippen molar-refractivity contribution in [1.82, 2.24) is 4.98 Å². The summed E-state index contributed by atoms with van der Waals surface area (Å²) in [5.74, 6) is 0. The molecule has 1 aromatic heterocycles. The maximum absolute atomic E-state index is 6.05. The molecule has 5 heteroatoms. The van der Waals surface area contributed by atoms with Gasteiger partial charge in [-0.2, -0.15) is 0 Å². The number of fused-ring (bicyclic) bond motifs is 1. The van der Waals surface area contributed by atoms with Gasteiger partial charge in [0.1, 0.15) is 0 Å². The fraction of sp³-hybridized carbons (Fsp3) is 0.176. The number of halogens is 2. The minimum Gasteiger partial charge on any atom is -0.371 e. The van der Waals surface area contributed by atoms with Crippen molar-refractivity contribution in [3.8, 4) is 0 Å². The van der Waals surface area contributed by atoms with Crippen LogP contribution >= 0.6 is 23.2 Å². The summed E-state index contributed by atoms with van der Waals surface area (Å²) in [7, 11) is 2.06. The Morgan fingerprint density at radius 2 is 2.00 bits per heavy atom. The van der Waals surface area contributed by atoms with Crippen molar-refractivity contribution in [3.05, 3.63) is 63.9 Å². The van der Waals surface area contributed by atoms with Gasteiger partial charge in [0.15, 0.2) is 0 Å². The van der Waals surface area contributed by atoms with Crippen molar-refractivity contribution >= 4 is 40.7 Å². The fourth-order valence-electron chi connectivity index (χ4n) is 2.37. The van der Waals surface area contributed by atoms with Crippen LogP contribution in [0.1, 0.15) is 11.1 Å². The van der Waals surface area contributed by atoms with Gasteiger partial charge in [-0.25, -0.2) is 0 Å². The summed E-state index contributed by atoms with van der Waals surface area (Å²) in [6.45, 7) is 1.63. The van der Waals surface area contributed by atoms with Crippen LogP contribution in [0.2, 0.25) is 10.0 Å². The highest BCUT2D eigenvalue weighted by Gasteiger charge is 2.14. The summed E-state index contributed by atoms with van der Waals surface area (Å²) in [5, 5.41) is 1.11. The van der Waals surface area contributed by atoms with E-state index in [1.54, 1.807) is 12.3 Å². The summed E-state index contributed by atoms with van der Waals surface area (Å²) in [6.07, 6.45) is 7.68. The van der Waals surface area contributed by atoms with Crippen LogP contribution in [0.4, 0.5) is 5.69 Å². The van der Waals surface area contributed by atoms with Gasteiger partial charge >= 0.3 is 0 Å². The number of aromatic nitrogens is 1. The van der Waals surface area contributed by atoms with Crippen LogP contribution in [0.15, 0.2) is 47.7 Å². The Morgan fingerprint density at radius 1 is 1.14 bits per heavy atom. The molecule has 0 saturated carbocycles. The predicted molar refractivity (Wildman–Crippen MR) is 94.4 cm³/mol. The maximum Gasteiger partial charge on any atom is 0.0669 e. The normalized spacial score (nSPS) is 14.7. The Bertz CT molecular complexity index is 753. The van der Waals surface area contributed by atoms with E-state index < -0.39 is 0 Å². The zero-order valence-electron chi connectivity index (χ0n) is 12.1. The molecule has 0 unspecified atom stereocenters. The number of rotatable bonds is 2. The standard InChI is InChI=1S/C17H15Cl2N3/c1-22-9-8-21-16(13-6-7-20-11-17(13)22)5-3-12-2-4-14(18)15(19)10-12/h2-7,10-11H,8-9H2,1H3/b5-3+. The second-order valence-corrected chi connectivity index (χ2v) is 5.90. The average Bonchev–Trinajstić information content (AvgIpc) is 2.68. The Morgan fingerprint density at radius 3 is 2.82 bits per heavy atom. The molecule has 1 aromatic carbocycles. The second kappa shape index (κ2) is 6.51. The number of aliphatic imine (C=N–C) groups is 1. The van der Waals surface area contributed by atoms with Crippen LogP contribution in [0.3, 0.4) is 0 Å². The van der Waals surface area contributed by atoms with E-state index >= 15 is 0 Å². The summed E-state index contributed by atoms with van der Waals surface area (Å²) in [4.78, 5) is 11.1. The van der Waals surface area contributed by atoms with E-state index in [-0.39, 0.29) is 0 Å². The maximum atomic E-state index is 6.05. The molecule has 0 atom stereocenters. The number of benzene rings is 1. The molecule has 0 aliphatic carbocycles. The van der Waals surface area contributed by atoms with Gasteiger partial charge in [0, 0.05) is 25.4 Å². The molecule has 112 valence electrons. The van der Waals surface area contributed by atoms with Crippen LogP contribution in [0, 0.1) is 0 Å². The smallest absolute Gasteiger partial charge is 0.0669 e. The number of allylic oxidation sites excluding steroid dienone is 1. The van der Waals surface area contributed by atoms with E-state index in [4.69, 9.17) is 23.2 Å². The van der Waals surface area contributed by atoms with Crippen molar-refractivity contribution in [2.75, 3.05) is 25.0 Å². The van der Waals surface area contributed by atoms with Crippen molar-refractivity contribution in [2.45, 2.75) is 0 Å². The summed E-state index contributed by atoms with van der Waals surface area (Å²) in [5.41, 5.74) is 4.13. The van der Waals surface area contributed by atoms with E-state index in [2.05, 4.69) is 21.9 Å². The first kappa shape index (κ1) is 15.1. The van der Waals surface area contributed by atoms with Gasteiger partial charge in [0.05, 0.1) is 34.2 Å². The molecule has 3 nitrogen and oxygen atoms in total. The van der Waals surface area contributed by atoms with E-state index in [1.165, 1.54) is 0 Å². The number of anilines is 1. The largest absolute Gasteiger partial charge is 0.371 e. The van der Waals surface area contributed by atoms with Gasteiger partial charge in [0.25, 0.3) is 0 Å². The van der Waals surface area contributed by atoms with Gasteiger partial charge in [-0.3, -0.25) is 9.98 Å². The lowest BCUT2D eigenvalue weighted by molar-refractivity contribution is 0.894. The van der Waals surface area contributed by atoms with Crippen LogP contribution in [0.25, 0.3) is 6.08 Å². The van der Waals surface area contributed by atoms with Gasteiger partial charge in [-0.1, -0.05) is 35.3 Å². The SMILES string of the molecule is CN1CCN=C(/C=C/c2ccc(Cl)c(Cl)c2)c2ccncc21. The molecular formula is C17H15Cl2N3. The summed E-state index contributed by atoms with van der Waals surface area (Å²) >= 11 is 12.0. The van der Waals surface area contributed by atoms with Gasteiger partial charge in [0.2, 0.25) is 0 Å². The molecule has 1 aliphatic heterocycles. The molecule has 2 aromatic rings. The number of nitrogens with zero attached hydrogens (tertiary/aromatic N) is 3. The molecule has 0 radical (unpaired) electrons. The van der Waals surface area contributed by atoms with E-state index in [0.29, 0.717) is 10.0 Å². The second-order valence-electron chi connectivity index (χ2n) is 5.09. The lowest BCUT2D eigenvalue weighted by atomic mass is 10.1. The first-order valence-electron chi connectivity index (χ1n) is 6.98. The molecule has 0 N–H and O–H groups in total. The molecule has 0 amide bonds. The molecule has 0 spiro atoms. The minimum atomic E-state index is 0.552. The molecule has 1 aliphatic rings. The highest BCUT2D eigenvalue weighted by molar-refractivity contribution is 6.42. The van der Waals surface area contributed by atoms with Crippen molar-refractivity contribution in [3.63, 3.8) is 0 Å². The Balaban J connectivity index is 1.94. The number of likely N-dealkylation sites (N-methyl/N-ethyl adjacent to an activating group) is 1. The third kappa shape index (κ3) is 3.16. The van der Waals surface area contributed by atoms with Crippen molar-refractivity contribution < 1.29 is 0 Å². The average molecular weight is 332 g/mol. The van der Waals surface area contributed by atoms with E-state index in [0.717, 1.165) is 35.6 Å². The number of hydrogen-bond donors (Lipinski definition) is 0. The first-order valence-corrected chi connectivity index (χ1v) is 7.74. The van der Waals surface area contributed by atoms with E-state index in [1.807, 2.05) is 36.5 Å². The Hall–Kier alpha value is -1.84. The Labute approximate surface area is 139 Å². The Kier molecular flexibility index (Phi) is 4.46. The molecule has 0 saturated heterocycles. The first-order chi connectivity index (χ1) is 10.6. The monoisotopic (exact) mass is 331 g/mol. The van der Waals surface area contributed by atoms with Crippen LogP contribution < -0.4 is 4.90 Å². The number of pyridine rings is 1. The summed E-state index contributed by atoms with van der Waals surface area (Å²) < 4.78 is 0. The van der Waals surface area contributed by atoms with Crippen LogP contribution in [-0.2, 0) is 0 Å². The van der Waals surface area contributed by atoms with Crippen LogP contribution in [-0.4, -0.2) is 30.8 Å². The van der Waals surface area contributed by atoms with Gasteiger partial charge in [-0.15, -0.1) is 0 Å². The highest BCUT2D eigenvalue weighted by Crippen LogP contribution is 2.24. The molecule has 0 fully saturated rings. The summed E-state index contributed by atoms with van der Waals surface area (Å²) in [6, 6.07) is 7.57. The molecule has 3 rings (SSSR count). The van der Waals surface area contributed by atoms with Crippen molar-refractivity contribution in [1.29, 1.82) is 0 Å². The fourth-order valence-corrected chi connectivity index (χ4v) is 2.67. The third-order valence-corrected chi connectivity index (χ3v) is 4.32. The lowest BCUT2D eigenvalue weighted by Gasteiger charge is -2.17. The minimum absolute atomic E-state index is 0.552. The molecular weight excluding hydrogens is 317 g/mol. The molecule has 2 heterocycles. The predicted octanol–water partition coefficient (Wildman–Crippen LogP) is 4.34. The number of hydrogen-bond acceptors (Lipinski definition) is 3. The lowest BCUT2D eigenvalue weighted by Crippen LogP contribution is -2.20. The van der Waals surface area contributed by atoms with Gasteiger partial charge < -0.3 is 4.90 Å². The zero-order chi connectivity index (χ0) is 15.5. The topological polar surface area (TPSA) is 28.5 Å². The zero-order valence-corrected chi connectivity index (χ0v) is 13.6. The van der Waals surface area contributed by atoms with E-state index in [9.17, 15) is 0 Å². The molecule has 0 bridgehead atoms. The van der Waals surface area contributed by atoms with Gasteiger partial charge in [-0.05, 0) is 29.8 Å². The van der Waals surface area contributed by atoms with Crippen molar-refractivity contribution in [2.24, 2.45) is 4.99 Å². The van der Waals surface area contributed by atoms with Crippen LogP contribution in [0.5, 0.6) is 0 Å². The highest BCUT2D eigenvalue weighted by atomic mass is 35.5. The third-order valence-electron chi connectivity index (χ3n) is 3.58. The molecule has 22 heavy (non-hydrogen) atoms.